The molecule has 5 nitrogen and oxygen atoms in total. The molecule has 0 heterocycles. The molecular formula is C26H34O5. The van der Waals surface area contributed by atoms with Gasteiger partial charge in [0.1, 0.15) is 5.78 Å². The second kappa shape index (κ2) is 11.4. The number of fused-ring (bicyclic) bond motifs is 1. The molecule has 4 atom stereocenters. The van der Waals surface area contributed by atoms with Gasteiger partial charge in [-0.2, -0.15) is 0 Å². The van der Waals surface area contributed by atoms with Crippen molar-refractivity contribution in [3.63, 3.8) is 0 Å². The zero-order chi connectivity index (χ0) is 22.2. The summed E-state index contributed by atoms with van der Waals surface area (Å²) in [6.45, 7) is 0. The Morgan fingerprint density at radius 2 is 1.84 bits per heavy atom. The van der Waals surface area contributed by atoms with Gasteiger partial charge in [0.2, 0.25) is 0 Å². The molecule has 168 valence electrons. The number of carboxylic acids is 1. The summed E-state index contributed by atoms with van der Waals surface area (Å²) in [5, 5.41) is 29.4. The van der Waals surface area contributed by atoms with Crippen LogP contribution in [0.1, 0.15) is 56.1 Å². The predicted octanol–water partition coefficient (Wildman–Crippen LogP) is 3.87. The van der Waals surface area contributed by atoms with Crippen molar-refractivity contribution < 1.29 is 24.9 Å². The first kappa shape index (κ1) is 23.4. The van der Waals surface area contributed by atoms with Gasteiger partial charge in [-0.3, -0.25) is 9.59 Å². The Kier molecular flexibility index (Phi) is 8.61. The standard InChI is InChI=1S/C26H34O5/c27-21(12-11-18-15-19-7-5-6-8-20(19)16-18)13-14-23-22(24(28)17-25(23)29)9-3-1-2-4-10-26(30)31/h1,3,5-8,13-14,18,21-23,25,27,29H,2,4,9-12,15-17H2,(H,30,31)/t21?,22-,23-,25-/m1/s1. The summed E-state index contributed by atoms with van der Waals surface area (Å²) in [6, 6.07) is 8.53. The number of hydrogen-bond donors (Lipinski definition) is 3. The lowest BCUT2D eigenvalue weighted by atomic mass is 9.89. The first-order chi connectivity index (χ1) is 14.9. The fourth-order valence-electron chi connectivity index (χ4n) is 4.87. The lowest BCUT2D eigenvalue weighted by Gasteiger charge is -2.17. The van der Waals surface area contributed by atoms with Crippen LogP contribution in [0.3, 0.4) is 0 Å². The van der Waals surface area contributed by atoms with Crippen molar-refractivity contribution in [3.05, 3.63) is 59.7 Å². The monoisotopic (exact) mass is 426 g/mol. The average Bonchev–Trinajstić information content (AvgIpc) is 3.27. The minimum absolute atomic E-state index is 0.0514. The third-order valence-corrected chi connectivity index (χ3v) is 6.61. The van der Waals surface area contributed by atoms with Crippen LogP contribution in [-0.4, -0.2) is 39.3 Å². The van der Waals surface area contributed by atoms with Gasteiger partial charge in [0.05, 0.1) is 12.2 Å². The summed E-state index contributed by atoms with van der Waals surface area (Å²) in [5.74, 6) is -0.738. The molecular weight excluding hydrogens is 392 g/mol. The molecule has 0 spiro atoms. The third kappa shape index (κ3) is 6.88. The molecule has 1 fully saturated rings. The van der Waals surface area contributed by atoms with Crippen LogP contribution in [0.2, 0.25) is 0 Å². The number of aliphatic carboxylic acids is 1. The Hall–Kier alpha value is -2.24. The highest BCUT2D eigenvalue weighted by molar-refractivity contribution is 5.84. The number of aliphatic hydroxyl groups excluding tert-OH is 2. The molecule has 1 aromatic rings. The second-order valence-corrected chi connectivity index (χ2v) is 8.99. The largest absolute Gasteiger partial charge is 0.481 e. The number of unbranched alkanes of at least 4 members (excludes halogenated alkanes) is 1. The van der Waals surface area contributed by atoms with Gasteiger partial charge in [-0.05, 0) is 62.0 Å². The second-order valence-electron chi connectivity index (χ2n) is 8.99. The summed E-state index contributed by atoms with van der Waals surface area (Å²) in [5.41, 5.74) is 2.84. The number of allylic oxidation sites excluding steroid dienone is 2. The van der Waals surface area contributed by atoms with Crippen LogP contribution in [0.15, 0.2) is 48.6 Å². The molecule has 1 saturated carbocycles. The normalized spacial score (nSPS) is 25.0. The Labute approximate surface area is 184 Å². The van der Waals surface area contributed by atoms with Crippen LogP contribution in [-0.2, 0) is 22.4 Å². The van der Waals surface area contributed by atoms with E-state index in [1.807, 2.05) is 18.2 Å². The molecule has 1 aromatic carbocycles. The van der Waals surface area contributed by atoms with E-state index in [0.29, 0.717) is 31.6 Å². The molecule has 0 saturated heterocycles. The van der Waals surface area contributed by atoms with Gasteiger partial charge < -0.3 is 15.3 Å². The molecule has 2 aliphatic carbocycles. The number of aliphatic hydroxyl groups is 2. The lowest BCUT2D eigenvalue weighted by Crippen LogP contribution is -2.19. The number of ketones is 1. The Balaban J connectivity index is 1.44. The van der Waals surface area contributed by atoms with Crippen molar-refractivity contribution >= 4 is 11.8 Å². The van der Waals surface area contributed by atoms with E-state index in [1.165, 1.54) is 11.1 Å². The summed E-state index contributed by atoms with van der Waals surface area (Å²) in [4.78, 5) is 22.8. The molecule has 0 radical (unpaired) electrons. The zero-order valence-corrected chi connectivity index (χ0v) is 18.0. The van der Waals surface area contributed by atoms with E-state index >= 15 is 0 Å². The maximum Gasteiger partial charge on any atom is 0.303 e. The van der Waals surface area contributed by atoms with Crippen LogP contribution in [0.4, 0.5) is 0 Å². The minimum Gasteiger partial charge on any atom is -0.481 e. The number of hydrogen-bond acceptors (Lipinski definition) is 4. The van der Waals surface area contributed by atoms with Gasteiger partial charge in [-0.25, -0.2) is 0 Å². The van der Waals surface area contributed by atoms with E-state index in [1.54, 1.807) is 6.08 Å². The van der Waals surface area contributed by atoms with Crippen molar-refractivity contribution in [2.75, 3.05) is 0 Å². The Bertz CT molecular complexity index is 787. The van der Waals surface area contributed by atoms with Crippen LogP contribution in [0.25, 0.3) is 0 Å². The van der Waals surface area contributed by atoms with Crippen LogP contribution < -0.4 is 0 Å². The topological polar surface area (TPSA) is 94.8 Å². The highest BCUT2D eigenvalue weighted by Crippen LogP contribution is 2.34. The molecule has 5 heteroatoms. The number of carbonyl (C=O) groups excluding carboxylic acids is 1. The predicted molar refractivity (Wildman–Crippen MR) is 120 cm³/mol. The van der Waals surface area contributed by atoms with Gasteiger partial charge in [-0.15, -0.1) is 0 Å². The first-order valence-electron chi connectivity index (χ1n) is 11.4. The van der Waals surface area contributed by atoms with E-state index in [2.05, 4.69) is 24.3 Å². The van der Waals surface area contributed by atoms with Crippen molar-refractivity contribution in [1.29, 1.82) is 0 Å². The fraction of sp³-hybridized carbons (Fsp3) is 0.538. The van der Waals surface area contributed by atoms with Crippen molar-refractivity contribution in [3.8, 4) is 0 Å². The molecule has 3 rings (SSSR count). The van der Waals surface area contributed by atoms with Crippen LogP contribution >= 0.6 is 0 Å². The van der Waals surface area contributed by atoms with E-state index in [9.17, 15) is 19.8 Å². The molecule has 0 aliphatic heterocycles. The van der Waals surface area contributed by atoms with E-state index in [-0.39, 0.29) is 30.5 Å². The molecule has 0 bridgehead atoms. The number of Topliss-reactive ketones (excluding diaryl/α,β-unsaturated/α-hetero) is 1. The Morgan fingerprint density at radius 3 is 2.52 bits per heavy atom. The molecule has 31 heavy (non-hydrogen) atoms. The maximum atomic E-state index is 12.3. The fourth-order valence-corrected chi connectivity index (χ4v) is 4.87. The smallest absolute Gasteiger partial charge is 0.303 e. The number of rotatable bonds is 11. The molecule has 0 aromatic heterocycles. The van der Waals surface area contributed by atoms with Gasteiger partial charge in [0, 0.05) is 24.7 Å². The summed E-state index contributed by atoms with van der Waals surface area (Å²) < 4.78 is 0. The number of carboxylic acid groups (broad SMARTS) is 1. The number of benzene rings is 1. The highest BCUT2D eigenvalue weighted by atomic mass is 16.4. The number of carbonyl (C=O) groups is 2. The average molecular weight is 427 g/mol. The molecule has 3 N–H and O–H groups in total. The minimum atomic E-state index is -0.802. The maximum absolute atomic E-state index is 12.3. The van der Waals surface area contributed by atoms with Crippen LogP contribution in [0, 0.1) is 17.8 Å². The third-order valence-electron chi connectivity index (χ3n) is 6.61. The molecule has 2 aliphatic rings. The van der Waals surface area contributed by atoms with E-state index in [4.69, 9.17) is 5.11 Å². The SMILES string of the molecule is O=C(O)CCCC=CC[C@H]1C(=O)C[C@@H](O)[C@@H]1C=CC(O)CCC1Cc2ccccc2C1. The molecule has 1 unspecified atom stereocenters. The van der Waals surface area contributed by atoms with Crippen molar-refractivity contribution in [1.82, 2.24) is 0 Å². The zero-order valence-electron chi connectivity index (χ0n) is 18.0. The van der Waals surface area contributed by atoms with E-state index in [0.717, 1.165) is 19.3 Å². The Morgan fingerprint density at radius 1 is 1.13 bits per heavy atom. The van der Waals surface area contributed by atoms with Crippen molar-refractivity contribution in [2.24, 2.45) is 17.8 Å². The van der Waals surface area contributed by atoms with Gasteiger partial charge in [-0.1, -0.05) is 48.6 Å². The van der Waals surface area contributed by atoms with Crippen LogP contribution in [0.5, 0.6) is 0 Å². The van der Waals surface area contributed by atoms with Gasteiger partial charge in [0.15, 0.2) is 0 Å². The van der Waals surface area contributed by atoms with Gasteiger partial charge in [0.25, 0.3) is 0 Å². The quantitative estimate of drug-likeness (QED) is 0.369. The summed E-state index contributed by atoms with van der Waals surface area (Å²) in [7, 11) is 0. The van der Waals surface area contributed by atoms with Gasteiger partial charge >= 0.3 is 5.97 Å². The summed E-state index contributed by atoms with van der Waals surface area (Å²) >= 11 is 0. The summed E-state index contributed by atoms with van der Waals surface area (Å²) in [6.07, 6.45) is 12.0. The lowest BCUT2D eigenvalue weighted by molar-refractivity contribution is -0.137. The van der Waals surface area contributed by atoms with Crippen molar-refractivity contribution in [2.45, 2.75) is 70.0 Å². The first-order valence-corrected chi connectivity index (χ1v) is 11.4. The highest BCUT2D eigenvalue weighted by Gasteiger charge is 2.39. The molecule has 0 amide bonds. The van der Waals surface area contributed by atoms with E-state index < -0.39 is 18.2 Å².